The molecular formula is C20H21N5. The van der Waals surface area contributed by atoms with Gasteiger partial charge in [0.1, 0.15) is 5.82 Å². The first-order chi connectivity index (χ1) is 12.4. The van der Waals surface area contributed by atoms with E-state index in [9.17, 15) is 0 Å². The lowest BCUT2D eigenvalue weighted by molar-refractivity contribution is 0.992. The van der Waals surface area contributed by atoms with Crippen LogP contribution >= 0.6 is 0 Å². The number of hydrogen-bond donors (Lipinski definition) is 2. The molecule has 1 aliphatic rings. The molecule has 5 heteroatoms. The van der Waals surface area contributed by atoms with Crippen LogP contribution in [0.1, 0.15) is 18.4 Å². The van der Waals surface area contributed by atoms with Crippen molar-refractivity contribution in [2.24, 2.45) is 0 Å². The van der Waals surface area contributed by atoms with Gasteiger partial charge < -0.3 is 10.6 Å². The molecule has 0 amide bonds. The van der Waals surface area contributed by atoms with Gasteiger partial charge in [-0.15, -0.1) is 0 Å². The second kappa shape index (κ2) is 7.30. The van der Waals surface area contributed by atoms with Crippen molar-refractivity contribution < 1.29 is 0 Å². The summed E-state index contributed by atoms with van der Waals surface area (Å²) in [5.74, 6) is 1.54. The third kappa shape index (κ3) is 4.32. The zero-order chi connectivity index (χ0) is 16.9. The van der Waals surface area contributed by atoms with Crippen molar-refractivity contribution in [3.63, 3.8) is 0 Å². The van der Waals surface area contributed by atoms with E-state index in [1.54, 1.807) is 12.4 Å². The predicted octanol–water partition coefficient (Wildman–Crippen LogP) is 3.77. The highest BCUT2D eigenvalue weighted by atomic mass is 15.2. The second-order valence-electron chi connectivity index (χ2n) is 6.28. The number of rotatable bonds is 7. The Morgan fingerprint density at radius 1 is 0.960 bits per heavy atom. The molecule has 126 valence electrons. The Kier molecular flexibility index (Phi) is 4.55. The van der Waals surface area contributed by atoms with E-state index < -0.39 is 0 Å². The summed E-state index contributed by atoms with van der Waals surface area (Å²) in [6.07, 6.45) is 6.92. The van der Waals surface area contributed by atoms with Gasteiger partial charge in [0.25, 0.3) is 0 Å². The van der Waals surface area contributed by atoms with Crippen molar-refractivity contribution in [3.8, 4) is 11.3 Å². The van der Waals surface area contributed by atoms with E-state index in [1.165, 1.54) is 18.4 Å². The zero-order valence-corrected chi connectivity index (χ0v) is 14.0. The third-order valence-electron chi connectivity index (χ3n) is 4.18. The van der Waals surface area contributed by atoms with Crippen LogP contribution in [0.4, 0.5) is 11.8 Å². The molecule has 0 radical (unpaired) electrons. The van der Waals surface area contributed by atoms with Crippen LogP contribution in [0, 0.1) is 0 Å². The van der Waals surface area contributed by atoms with Crippen molar-refractivity contribution in [3.05, 3.63) is 66.5 Å². The Morgan fingerprint density at radius 2 is 1.76 bits per heavy atom. The van der Waals surface area contributed by atoms with Crippen LogP contribution in [0.15, 0.2) is 60.9 Å². The van der Waals surface area contributed by atoms with Crippen molar-refractivity contribution in [1.29, 1.82) is 0 Å². The van der Waals surface area contributed by atoms with Crippen molar-refractivity contribution in [1.82, 2.24) is 15.0 Å². The van der Waals surface area contributed by atoms with Gasteiger partial charge in [-0.25, -0.2) is 4.98 Å². The fourth-order valence-electron chi connectivity index (χ4n) is 2.66. The summed E-state index contributed by atoms with van der Waals surface area (Å²) in [7, 11) is 0. The molecule has 0 bridgehead atoms. The molecule has 0 spiro atoms. The van der Waals surface area contributed by atoms with E-state index in [0.29, 0.717) is 12.0 Å². The van der Waals surface area contributed by atoms with E-state index in [4.69, 9.17) is 0 Å². The summed E-state index contributed by atoms with van der Waals surface area (Å²) < 4.78 is 0. The molecule has 5 nitrogen and oxygen atoms in total. The quantitative estimate of drug-likeness (QED) is 0.690. The Balaban J connectivity index is 1.51. The molecule has 3 aromatic rings. The van der Waals surface area contributed by atoms with Crippen LogP contribution in [-0.4, -0.2) is 27.5 Å². The molecule has 1 aromatic carbocycles. The molecule has 2 aromatic heterocycles. The maximum Gasteiger partial charge on any atom is 0.225 e. The number of nitrogens with zero attached hydrogens (tertiary/aromatic N) is 3. The molecule has 1 fully saturated rings. The maximum absolute atomic E-state index is 4.66. The van der Waals surface area contributed by atoms with Crippen LogP contribution < -0.4 is 10.6 Å². The first kappa shape index (κ1) is 15.6. The maximum atomic E-state index is 4.66. The molecular weight excluding hydrogens is 310 g/mol. The van der Waals surface area contributed by atoms with E-state index in [1.807, 2.05) is 24.3 Å². The van der Waals surface area contributed by atoms with Gasteiger partial charge in [-0.3, -0.25) is 4.98 Å². The average molecular weight is 331 g/mol. The summed E-state index contributed by atoms with van der Waals surface area (Å²) >= 11 is 0. The lowest BCUT2D eigenvalue weighted by Gasteiger charge is -2.11. The number of pyridine rings is 1. The van der Waals surface area contributed by atoms with Gasteiger partial charge >= 0.3 is 0 Å². The molecule has 2 N–H and O–H groups in total. The first-order valence-corrected chi connectivity index (χ1v) is 8.71. The van der Waals surface area contributed by atoms with Crippen molar-refractivity contribution in [2.45, 2.75) is 25.3 Å². The predicted molar refractivity (Wildman–Crippen MR) is 101 cm³/mol. The zero-order valence-electron chi connectivity index (χ0n) is 14.0. The SMILES string of the molecule is c1ccc(CCNc2cc(-c3ccncc3)nc(NC3CC3)n2)cc1. The highest BCUT2D eigenvalue weighted by Gasteiger charge is 2.22. The molecule has 2 heterocycles. The number of benzene rings is 1. The fraction of sp³-hybridized carbons (Fsp3) is 0.250. The monoisotopic (exact) mass is 331 g/mol. The minimum Gasteiger partial charge on any atom is -0.370 e. The summed E-state index contributed by atoms with van der Waals surface area (Å²) in [6.45, 7) is 0.833. The molecule has 1 saturated carbocycles. The highest BCUT2D eigenvalue weighted by Crippen LogP contribution is 2.26. The molecule has 0 saturated heterocycles. The lowest BCUT2D eigenvalue weighted by atomic mass is 10.1. The lowest BCUT2D eigenvalue weighted by Crippen LogP contribution is -2.11. The van der Waals surface area contributed by atoms with E-state index in [2.05, 4.69) is 49.9 Å². The van der Waals surface area contributed by atoms with Crippen LogP contribution in [0.5, 0.6) is 0 Å². The van der Waals surface area contributed by atoms with Gasteiger partial charge in [0, 0.05) is 36.6 Å². The summed E-state index contributed by atoms with van der Waals surface area (Å²) in [6, 6.07) is 16.9. The molecule has 4 rings (SSSR count). The fourth-order valence-corrected chi connectivity index (χ4v) is 2.66. The number of anilines is 2. The number of hydrogen-bond acceptors (Lipinski definition) is 5. The minimum atomic E-state index is 0.518. The van der Waals surface area contributed by atoms with Crippen molar-refractivity contribution >= 4 is 11.8 Å². The number of nitrogens with one attached hydrogen (secondary N) is 2. The minimum absolute atomic E-state index is 0.518. The van der Waals surface area contributed by atoms with Gasteiger partial charge in [0.05, 0.1) is 5.69 Å². The molecule has 25 heavy (non-hydrogen) atoms. The molecule has 0 atom stereocenters. The Morgan fingerprint density at radius 3 is 2.52 bits per heavy atom. The van der Waals surface area contributed by atoms with Gasteiger partial charge in [-0.1, -0.05) is 30.3 Å². The standard InChI is InChI=1S/C20H21N5/c1-2-4-15(5-3-1)8-13-22-19-14-18(16-9-11-21-12-10-16)24-20(25-19)23-17-6-7-17/h1-5,9-12,14,17H,6-8,13H2,(H2,22,23,24,25). The average Bonchev–Trinajstić information content (AvgIpc) is 3.47. The van der Waals surface area contributed by atoms with Crippen LogP contribution in [0.25, 0.3) is 11.3 Å². The van der Waals surface area contributed by atoms with E-state index in [0.717, 1.165) is 30.0 Å². The van der Waals surface area contributed by atoms with Crippen LogP contribution in [0.2, 0.25) is 0 Å². The van der Waals surface area contributed by atoms with E-state index in [-0.39, 0.29) is 0 Å². The first-order valence-electron chi connectivity index (χ1n) is 8.71. The molecule has 0 unspecified atom stereocenters. The smallest absolute Gasteiger partial charge is 0.225 e. The van der Waals surface area contributed by atoms with Gasteiger partial charge in [-0.2, -0.15) is 4.98 Å². The van der Waals surface area contributed by atoms with Gasteiger partial charge in [0.15, 0.2) is 0 Å². The van der Waals surface area contributed by atoms with E-state index >= 15 is 0 Å². The normalized spacial score (nSPS) is 13.4. The Labute approximate surface area is 147 Å². The molecule has 1 aliphatic carbocycles. The third-order valence-corrected chi connectivity index (χ3v) is 4.18. The summed E-state index contributed by atoms with van der Waals surface area (Å²) in [5.41, 5.74) is 3.26. The van der Waals surface area contributed by atoms with Crippen molar-refractivity contribution in [2.75, 3.05) is 17.2 Å². The Hall–Kier alpha value is -2.95. The Bertz CT molecular complexity index is 816. The molecule has 0 aliphatic heterocycles. The van der Waals surface area contributed by atoms with Gasteiger partial charge in [-0.05, 0) is 37.0 Å². The topological polar surface area (TPSA) is 62.7 Å². The largest absolute Gasteiger partial charge is 0.370 e. The summed E-state index contributed by atoms with van der Waals surface area (Å²) in [4.78, 5) is 13.4. The van der Waals surface area contributed by atoms with Gasteiger partial charge in [0.2, 0.25) is 5.95 Å². The second-order valence-corrected chi connectivity index (χ2v) is 6.28. The van der Waals surface area contributed by atoms with Crippen LogP contribution in [0.3, 0.4) is 0 Å². The van der Waals surface area contributed by atoms with Crippen LogP contribution in [-0.2, 0) is 6.42 Å². The summed E-state index contributed by atoms with van der Waals surface area (Å²) in [5, 5.41) is 6.83. The number of aromatic nitrogens is 3. The highest BCUT2D eigenvalue weighted by molar-refractivity contribution is 5.64.